The molecule has 6 heteroatoms. The molecular weight excluding hydrogens is 302 g/mol. The summed E-state index contributed by atoms with van der Waals surface area (Å²) in [6.07, 6.45) is 3.89. The second kappa shape index (κ2) is 6.97. The zero-order valence-electron chi connectivity index (χ0n) is 14.1. The van der Waals surface area contributed by atoms with E-state index < -0.39 is 0 Å². The molecule has 0 aliphatic carbocycles. The number of primary amides is 1. The highest BCUT2D eigenvalue weighted by molar-refractivity contribution is 5.76. The number of hydrogen-bond acceptors (Lipinski definition) is 5. The number of carbonyl (C=O) groups excluding carboxylic acids is 1. The van der Waals surface area contributed by atoms with Crippen LogP contribution in [0.1, 0.15) is 24.6 Å². The zero-order chi connectivity index (χ0) is 17.1. The van der Waals surface area contributed by atoms with E-state index in [1.165, 1.54) is 0 Å². The average Bonchev–Trinajstić information content (AvgIpc) is 3.02. The van der Waals surface area contributed by atoms with Gasteiger partial charge in [-0.2, -0.15) is 0 Å². The highest BCUT2D eigenvalue weighted by atomic mass is 16.1. The molecule has 1 saturated heterocycles. The molecular formula is C18H23N5O. The van der Waals surface area contributed by atoms with Crippen LogP contribution < -0.4 is 10.6 Å². The third-order valence-corrected chi connectivity index (χ3v) is 4.33. The van der Waals surface area contributed by atoms with Gasteiger partial charge in [0.2, 0.25) is 11.9 Å². The van der Waals surface area contributed by atoms with Crippen molar-refractivity contribution in [1.29, 1.82) is 0 Å². The van der Waals surface area contributed by atoms with Crippen molar-refractivity contribution in [3.8, 4) is 11.1 Å². The Balaban J connectivity index is 2.06. The second-order valence-electron chi connectivity index (χ2n) is 6.32. The maximum Gasteiger partial charge on any atom is 0.231 e. The first-order chi connectivity index (χ1) is 11.6. The predicted molar refractivity (Wildman–Crippen MR) is 94.5 cm³/mol. The van der Waals surface area contributed by atoms with Crippen molar-refractivity contribution in [2.75, 3.05) is 32.1 Å². The molecule has 24 heavy (non-hydrogen) atoms. The van der Waals surface area contributed by atoms with Crippen LogP contribution in [0, 0.1) is 0 Å². The van der Waals surface area contributed by atoms with Crippen LogP contribution in [0.5, 0.6) is 0 Å². The minimum Gasteiger partial charge on any atom is -0.369 e. The van der Waals surface area contributed by atoms with Crippen molar-refractivity contribution in [3.05, 3.63) is 42.2 Å². The molecule has 1 aliphatic heterocycles. The van der Waals surface area contributed by atoms with Gasteiger partial charge in [0.25, 0.3) is 0 Å². The molecule has 6 nitrogen and oxygen atoms in total. The fraction of sp³-hybridized carbons (Fsp3) is 0.389. The number of likely N-dealkylation sites (tertiary alicyclic amines) is 1. The van der Waals surface area contributed by atoms with Crippen LogP contribution in [-0.2, 0) is 4.79 Å². The van der Waals surface area contributed by atoms with Gasteiger partial charge in [0.15, 0.2) is 0 Å². The Hall–Kier alpha value is -2.47. The van der Waals surface area contributed by atoms with E-state index in [4.69, 9.17) is 10.7 Å². The van der Waals surface area contributed by atoms with Gasteiger partial charge < -0.3 is 10.6 Å². The summed E-state index contributed by atoms with van der Waals surface area (Å²) < 4.78 is 0. The Bertz CT molecular complexity index is 717. The minimum atomic E-state index is -0.301. The number of anilines is 1. The lowest BCUT2D eigenvalue weighted by molar-refractivity contribution is -0.119. The lowest BCUT2D eigenvalue weighted by atomic mass is 10.00. The number of rotatable bonds is 5. The topological polar surface area (TPSA) is 75.3 Å². The Kier molecular flexibility index (Phi) is 4.76. The van der Waals surface area contributed by atoms with Gasteiger partial charge in [0, 0.05) is 25.9 Å². The molecule has 2 aromatic rings. The van der Waals surface area contributed by atoms with E-state index in [0.29, 0.717) is 5.95 Å². The lowest BCUT2D eigenvalue weighted by Gasteiger charge is -2.25. The van der Waals surface area contributed by atoms with Crippen molar-refractivity contribution in [2.24, 2.45) is 5.73 Å². The molecule has 1 amide bonds. The predicted octanol–water partition coefficient (Wildman–Crippen LogP) is 1.83. The molecule has 2 N–H and O–H groups in total. The summed E-state index contributed by atoms with van der Waals surface area (Å²) in [6, 6.07) is 10.2. The maximum absolute atomic E-state index is 11.4. The second-order valence-corrected chi connectivity index (χ2v) is 6.32. The summed E-state index contributed by atoms with van der Waals surface area (Å²) in [4.78, 5) is 24.7. The van der Waals surface area contributed by atoms with Gasteiger partial charge in [-0.1, -0.05) is 30.3 Å². The molecule has 1 unspecified atom stereocenters. The zero-order valence-corrected chi connectivity index (χ0v) is 14.1. The molecule has 1 aromatic carbocycles. The van der Waals surface area contributed by atoms with E-state index in [9.17, 15) is 4.79 Å². The van der Waals surface area contributed by atoms with Crippen molar-refractivity contribution in [2.45, 2.75) is 18.9 Å². The fourth-order valence-electron chi connectivity index (χ4n) is 3.22. The number of hydrogen-bond donors (Lipinski definition) is 1. The maximum atomic E-state index is 11.4. The summed E-state index contributed by atoms with van der Waals surface area (Å²) in [7, 11) is 3.86. The van der Waals surface area contributed by atoms with Gasteiger partial charge in [-0.05, 0) is 24.9 Å². The van der Waals surface area contributed by atoms with Gasteiger partial charge in [-0.25, -0.2) is 9.97 Å². The third-order valence-electron chi connectivity index (χ3n) is 4.33. The Morgan fingerprint density at radius 1 is 1.33 bits per heavy atom. The van der Waals surface area contributed by atoms with Gasteiger partial charge in [0.05, 0.1) is 18.3 Å². The molecule has 0 bridgehead atoms. The molecule has 3 rings (SSSR count). The Labute approximate surface area is 142 Å². The van der Waals surface area contributed by atoms with Crippen LogP contribution in [0.3, 0.4) is 0 Å². The quantitative estimate of drug-likeness (QED) is 0.908. The summed E-state index contributed by atoms with van der Waals surface area (Å²) >= 11 is 0. The summed E-state index contributed by atoms with van der Waals surface area (Å²) in [5.74, 6) is 0.376. The van der Waals surface area contributed by atoms with E-state index in [0.717, 1.165) is 36.2 Å². The van der Waals surface area contributed by atoms with Crippen LogP contribution in [0.15, 0.2) is 36.5 Å². The highest BCUT2D eigenvalue weighted by Crippen LogP contribution is 2.36. The van der Waals surface area contributed by atoms with Crippen LogP contribution in [-0.4, -0.2) is 48.0 Å². The summed E-state index contributed by atoms with van der Waals surface area (Å²) in [6.45, 7) is 1.13. The average molecular weight is 325 g/mol. The molecule has 0 saturated carbocycles. The van der Waals surface area contributed by atoms with Crippen molar-refractivity contribution in [1.82, 2.24) is 14.9 Å². The van der Waals surface area contributed by atoms with Crippen molar-refractivity contribution in [3.63, 3.8) is 0 Å². The first-order valence-corrected chi connectivity index (χ1v) is 8.18. The highest BCUT2D eigenvalue weighted by Gasteiger charge is 2.30. The van der Waals surface area contributed by atoms with Gasteiger partial charge in [0.1, 0.15) is 0 Å². The summed E-state index contributed by atoms with van der Waals surface area (Å²) in [5, 5.41) is 0. The van der Waals surface area contributed by atoms with Gasteiger partial charge >= 0.3 is 0 Å². The van der Waals surface area contributed by atoms with Gasteiger partial charge in [-0.3, -0.25) is 9.69 Å². The number of benzene rings is 1. The molecule has 0 spiro atoms. The van der Waals surface area contributed by atoms with Crippen LogP contribution >= 0.6 is 0 Å². The lowest BCUT2D eigenvalue weighted by Crippen LogP contribution is -2.34. The van der Waals surface area contributed by atoms with Crippen LogP contribution in [0.25, 0.3) is 11.1 Å². The van der Waals surface area contributed by atoms with Crippen molar-refractivity contribution < 1.29 is 4.79 Å². The Morgan fingerprint density at radius 3 is 2.75 bits per heavy atom. The molecule has 1 aromatic heterocycles. The number of nitrogens with zero attached hydrogens (tertiary/aromatic N) is 4. The van der Waals surface area contributed by atoms with Crippen molar-refractivity contribution >= 4 is 11.9 Å². The molecule has 126 valence electrons. The van der Waals surface area contributed by atoms with E-state index in [1.807, 2.05) is 43.4 Å². The van der Waals surface area contributed by atoms with Crippen LogP contribution in [0.4, 0.5) is 5.95 Å². The van der Waals surface area contributed by atoms with Gasteiger partial charge in [-0.15, -0.1) is 0 Å². The largest absolute Gasteiger partial charge is 0.369 e. The van der Waals surface area contributed by atoms with E-state index in [2.05, 4.69) is 22.0 Å². The SMILES string of the molecule is CN(C)c1ncc(-c2ccccc2)c(C2CCCN2CC(N)=O)n1. The Morgan fingerprint density at radius 2 is 2.08 bits per heavy atom. The monoisotopic (exact) mass is 325 g/mol. The first kappa shape index (κ1) is 16.4. The molecule has 1 atom stereocenters. The number of carbonyl (C=O) groups is 1. The van der Waals surface area contributed by atoms with E-state index >= 15 is 0 Å². The van der Waals surface area contributed by atoms with Crippen LogP contribution in [0.2, 0.25) is 0 Å². The smallest absolute Gasteiger partial charge is 0.231 e. The molecule has 1 aliphatic rings. The number of amides is 1. The summed E-state index contributed by atoms with van der Waals surface area (Å²) in [5.41, 5.74) is 8.49. The minimum absolute atomic E-state index is 0.0920. The molecule has 0 radical (unpaired) electrons. The normalized spacial score (nSPS) is 17.8. The molecule has 2 heterocycles. The standard InChI is InChI=1S/C18H23N5O/c1-22(2)18-20-11-14(13-7-4-3-5-8-13)17(21-18)15-9-6-10-23(15)12-16(19)24/h3-5,7-8,11,15H,6,9-10,12H2,1-2H3,(H2,19,24). The number of aromatic nitrogens is 2. The molecule has 1 fully saturated rings. The van der Waals surface area contributed by atoms with E-state index in [1.54, 1.807) is 0 Å². The third kappa shape index (κ3) is 3.38. The van der Waals surface area contributed by atoms with E-state index in [-0.39, 0.29) is 18.5 Å². The fourth-order valence-corrected chi connectivity index (χ4v) is 3.22. The first-order valence-electron chi connectivity index (χ1n) is 8.18. The number of nitrogens with two attached hydrogens (primary N) is 1.